The Labute approximate surface area is 234 Å². The van der Waals surface area contributed by atoms with Crippen LogP contribution < -0.4 is 10.2 Å². The quantitative estimate of drug-likeness (QED) is 0.361. The number of nitrogens with zero attached hydrogens (tertiary/aromatic N) is 7. The number of anilines is 2. The molecule has 1 fully saturated rings. The Bertz CT molecular complexity index is 1550. The summed E-state index contributed by atoms with van der Waals surface area (Å²) in [6, 6.07) is 8.31. The van der Waals surface area contributed by atoms with E-state index in [4.69, 9.17) is 4.74 Å². The van der Waals surface area contributed by atoms with E-state index in [1.54, 1.807) is 41.4 Å². The predicted molar refractivity (Wildman–Crippen MR) is 145 cm³/mol. The minimum Gasteiger partial charge on any atom is -0.444 e. The minimum atomic E-state index is -2.93. The van der Waals surface area contributed by atoms with E-state index >= 15 is 0 Å². The van der Waals surface area contributed by atoms with Gasteiger partial charge in [0.2, 0.25) is 0 Å². The Balaban J connectivity index is 1.33. The molecule has 0 saturated carbocycles. The second kappa shape index (κ2) is 11.1. The van der Waals surface area contributed by atoms with Crippen LogP contribution in [-0.2, 0) is 11.3 Å². The third kappa shape index (κ3) is 6.11. The first-order valence-electron chi connectivity index (χ1n) is 13.0. The Morgan fingerprint density at radius 3 is 2.44 bits per heavy atom. The Kier molecular flexibility index (Phi) is 7.58. The molecule has 1 aliphatic heterocycles. The van der Waals surface area contributed by atoms with Crippen LogP contribution in [0.25, 0.3) is 11.3 Å². The van der Waals surface area contributed by atoms with Gasteiger partial charge >= 0.3 is 6.09 Å². The van der Waals surface area contributed by atoms with Crippen molar-refractivity contribution in [2.75, 3.05) is 36.4 Å². The number of amides is 2. The number of hydrogen-bond acceptors (Lipinski definition) is 8. The molecule has 0 bridgehead atoms. The number of hydrogen-bond donors (Lipinski definition) is 2. The van der Waals surface area contributed by atoms with Gasteiger partial charge in [-0.05, 0) is 44.5 Å². The van der Waals surface area contributed by atoms with Crippen LogP contribution in [0.2, 0.25) is 0 Å². The number of alkyl halides is 2. The number of carbonyl (C=O) groups is 2. The van der Waals surface area contributed by atoms with Crippen molar-refractivity contribution in [3.05, 3.63) is 65.7 Å². The number of halogens is 2. The molecule has 0 radical (unpaired) electrons. The Morgan fingerprint density at radius 2 is 1.80 bits per heavy atom. The molecule has 4 heterocycles. The molecule has 4 aromatic rings. The maximum absolute atomic E-state index is 13.8. The summed E-state index contributed by atoms with van der Waals surface area (Å²) in [6.45, 7) is 7.20. The summed E-state index contributed by atoms with van der Waals surface area (Å²) in [7, 11) is 0. The first-order chi connectivity index (χ1) is 19.5. The van der Waals surface area contributed by atoms with Gasteiger partial charge in [0, 0.05) is 32.4 Å². The molecule has 0 aliphatic carbocycles. The molecule has 0 spiro atoms. The average molecular weight is 569 g/mol. The van der Waals surface area contributed by atoms with Crippen molar-refractivity contribution in [1.82, 2.24) is 29.3 Å². The minimum absolute atomic E-state index is 0.0968. The van der Waals surface area contributed by atoms with Crippen LogP contribution >= 0.6 is 0 Å². The van der Waals surface area contributed by atoms with E-state index in [1.165, 1.54) is 21.6 Å². The zero-order chi connectivity index (χ0) is 29.3. The first-order valence-corrected chi connectivity index (χ1v) is 13.0. The lowest BCUT2D eigenvalue weighted by Gasteiger charge is -2.36. The largest absolute Gasteiger partial charge is 0.444 e. The van der Waals surface area contributed by atoms with Crippen LogP contribution in [0.15, 0.2) is 48.9 Å². The van der Waals surface area contributed by atoms with Gasteiger partial charge in [-0.25, -0.2) is 27.8 Å². The monoisotopic (exact) mass is 568 g/mol. The van der Waals surface area contributed by atoms with E-state index in [-0.39, 0.29) is 29.6 Å². The van der Waals surface area contributed by atoms with Crippen LogP contribution in [0, 0.1) is 0 Å². The van der Waals surface area contributed by atoms with Crippen molar-refractivity contribution in [3.8, 4) is 5.69 Å². The topological polar surface area (TPSA) is 130 Å². The third-order valence-electron chi connectivity index (χ3n) is 6.44. The van der Waals surface area contributed by atoms with Gasteiger partial charge in [-0.1, -0.05) is 12.1 Å². The van der Waals surface area contributed by atoms with Crippen LogP contribution in [0.3, 0.4) is 0 Å². The molecule has 2 amide bonds. The SMILES string of the molecule is CC(C)(C)OC(=O)N1CCN(c2ccn3ncc(C(=O)Nc4cn(-c5ccc(CO)cc5)nc4C(F)F)c3n2)CC1. The fourth-order valence-corrected chi connectivity index (χ4v) is 4.36. The number of aromatic nitrogens is 5. The number of fused-ring (bicyclic) bond motifs is 1. The van der Waals surface area contributed by atoms with Crippen LogP contribution in [0.5, 0.6) is 0 Å². The highest BCUT2D eigenvalue weighted by Crippen LogP contribution is 2.28. The van der Waals surface area contributed by atoms with E-state index in [0.717, 1.165) is 0 Å². The molecule has 1 aromatic carbocycles. The zero-order valence-corrected chi connectivity index (χ0v) is 22.8. The lowest BCUT2D eigenvalue weighted by Crippen LogP contribution is -2.50. The second-order valence-electron chi connectivity index (χ2n) is 10.5. The molecule has 2 N–H and O–H groups in total. The number of piperazine rings is 1. The van der Waals surface area contributed by atoms with Crippen molar-refractivity contribution in [3.63, 3.8) is 0 Å². The number of aliphatic hydroxyl groups is 1. The average Bonchev–Trinajstić information content (AvgIpc) is 3.56. The summed E-state index contributed by atoms with van der Waals surface area (Å²) in [4.78, 5) is 33.9. The number of carbonyl (C=O) groups excluding carboxylic acids is 2. The maximum Gasteiger partial charge on any atom is 0.410 e. The highest BCUT2D eigenvalue weighted by molar-refractivity contribution is 6.08. The van der Waals surface area contributed by atoms with Crippen LogP contribution in [0.4, 0.5) is 25.1 Å². The second-order valence-corrected chi connectivity index (χ2v) is 10.5. The Morgan fingerprint density at radius 1 is 1.10 bits per heavy atom. The molecule has 1 saturated heterocycles. The summed E-state index contributed by atoms with van der Waals surface area (Å²) in [5, 5.41) is 19.9. The number of nitrogens with one attached hydrogen (secondary N) is 1. The van der Waals surface area contributed by atoms with Crippen molar-refractivity contribution >= 4 is 29.2 Å². The van der Waals surface area contributed by atoms with E-state index in [1.807, 2.05) is 25.7 Å². The van der Waals surface area contributed by atoms with Crippen molar-refractivity contribution in [2.24, 2.45) is 0 Å². The van der Waals surface area contributed by atoms with E-state index in [2.05, 4.69) is 20.5 Å². The van der Waals surface area contributed by atoms with Crippen LogP contribution in [-0.4, -0.2) is 78.2 Å². The molecule has 216 valence electrons. The normalized spacial score (nSPS) is 14.1. The van der Waals surface area contributed by atoms with Gasteiger partial charge in [-0.2, -0.15) is 10.2 Å². The molecular weight excluding hydrogens is 538 g/mol. The lowest BCUT2D eigenvalue weighted by atomic mass is 10.2. The standard InChI is InChI=1S/C27H30F2N8O4/c1-27(2,3)41-26(40)35-12-10-34(11-13-35)21-8-9-36-24(32-21)19(14-30-36)25(39)31-20-15-37(33-22(20)23(28)29)18-6-4-17(16-38)5-7-18/h4-9,14-15,23,38H,10-13,16H2,1-3H3,(H,31,39). The number of ether oxygens (including phenoxy) is 1. The van der Waals surface area contributed by atoms with Gasteiger partial charge in [0.15, 0.2) is 11.3 Å². The fourth-order valence-electron chi connectivity index (χ4n) is 4.36. The summed E-state index contributed by atoms with van der Waals surface area (Å²) < 4.78 is 35.7. The highest BCUT2D eigenvalue weighted by atomic mass is 19.3. The fraction of sp³-hybridized carbons (Fsp3) is 0.370. The van der Waals surface area contributed by atoms with Crippen LogP contribution in [0.1, 0.15) is 48.8 Å². The smallest absolute Gasteiger partial charge is 0.410 e. The number of benzene rings is 1. The van der Waals surface area contributed by atoms with Gasteiger partial charge in [-0.3, -0.25) is 4.79 Å². The summed E-state index contributed by atoms with van der Waals surface area (Å²) in [5.74, 6) is -0.0835. The lowest BCUT2D eigenvalue weighted by molar-refractivity contribution is 0.0240. The van der Waals surface area contributed by atoms with Gasteiger partial charge < -0.3 is 25.0 Å². The number of aliphatic hydroxyl groups excluding tert-OH is 1. The van der Waals surface area contributed by atoms with Gasteiger partial charge in [0.1, 0.15) is 17.0 Å². The summed E-state index contributed by atoms with van der Waals surface area (Å²) in [5.41, 5.74) is 0.176. The summed E-state index contributed by atoms with van der Waals surface area (Å²) in [6.07, 6.45) is 0.984. The molecule has 0 atom stereocenters. The molecule has 14 heteroatoms. The molecule has 12 nitrogen and oxygen atoms in total. The third-order valence-corrected chi connectivity index (χ3v) is 6.44. The van der Waals surface area contributed by atoms with Gasteiger partial charge in [0.25, 0.3) is 12.3 Å². The van der Waals surface area contributed by atoms with Crippen molar-refractivity contribution in [2.45, 2.75) is 39.4 Å². The molecule has 1 aliphatic rings. The Hall–Kier alpha value is -4.59. The van der Waals surface area contributed by atoms with Gasteiger partial charge in [-0.15, -0.1) is 0 Å². The van der Waals surface area contributed by atoms with Crippen molar-refractivity contribution < 1.29 is 28.2 Å². The molecular formula is C27H30F2N8O4. The van der Waals surface area contributed by atoms with Crippen molar-refractivity contribution in [1.29, 1.82) is 0 Å². The predicted octanol–water partition coefficient (Wildman–Crippen LogP) is 3.65. The van der Waals surface area contributed by atoms with E-state index < -0.39 is 23.6 Å². The zero-order valence-electron chi connectivity index (χ0n) is 22.8. The molecule has 5 rings (SSSR count). The van der Waals surface area contributed by atoms with Gasteiger partial charge in [0.05, 0.1) is 30.4 Å². The molecule has 3 aromatic heterocycles. The molecule has 41 heavy (non-hydrogen) atoms. The first kappa shape index (κ1) is 28.0. The molecule has 0 unspecified atom stereocenters. The summed E-state index contributed by atoms with van der Waals surface area (Å²) >= 11 is 0. The maximum atomic E-state index is 13.8. The van der Waals surface area contributed by atoms with E-state index in [9.17, 15) is 23.5 Å². The van der Waals surface area contributed by atoms with E-state index in [0.29, 0.717) is 43.2 Å². The highest BCUT2D eigenvalue weighted by Gasteiger charge is 2.27. The number of rotatable bonds is 6.